The molecule has 1 aliphatic carbocycles. The number of aromatic nitrogens is 2. The number of aryl methyl sites for hydroxylation is 1. The van der Waals surface area contributed by atoms with Crippen molar-refractivity contribution >= 4 is 17.1 Å². The van der Waals surface area contributed by atoms with Gasteiger partial charge in [-0.15, -0.1) is 0 Å². The first-order chi connectivity index (χ1) is 17.6. The van der Waals surface area contributed by atoms with Gasteiger partial charge in [0, 0.05) is 11.5 Å². The minimum absolute atomic E-state index is 0.150. The third kappa shape index (κ3) is 5.03. The van der Waals surface area contributed by atoms with Crippen LogP contribution in [0.2, 0.25) is 0 Å². The summed E-state index contributed by atoms with van der Waals surface area (Å²) in [6.45, 7) is 2.46. The molecule has 0 radical (unpaired) electrons. The molecule has 1 saturated carbocycles. The summed E-state index contributed by atoms with van der Waals surface area (Å²) in [5.41, 5.74) is 3.55. The van der Waals surface area contributed by atoms with Crippen LogP contribution in [-0.2, 0) is 6.61 Å². The Kier molecular flexibility index (Phi) is 7.12. The molecular weight excluding hydrogens is 450 g/mol. The topological polar surface area (TPSA) is 65.7 Å². The van der Waals surface area contributed by atoms with Crippen LogP contribution in [-0.4, -0.2) is 23.0 Å². The fourth-order valence-electron chi connectivity index (χ4n) is 4.90. The second kappa shape index (κ2) is 10.8. The van der Waals surface area contributed by atoms with E-state index in [1.165, 1.54) is 16.7 Å². The van der Waals surface area contributed by atoms with Crippen LogP contribution in [0.4, 0.5) is 0 Å². The quantitative estimate of drug-likeness (QED) is 0.294. The number of fused-ring (bicyclic) bond motifs is 1. The summed E-state index contributed by atoms with van der Waals surface area (Å²) < 4.78 is 13.3. The third-order valence-corrected chi connectivity index (χ3v) is 6.76. The molecule has 6 nitrogen and oxygen atoms in total. The van der Waals surface area contributed by atoms with Crippen LogP contribution in [0, 0.1) is 6.92 Å². The summed E-state index contributed by atoms with van der Waals surface area (Å²) in [6.07, 6.45) is 7.23. The van der Waals surface area contributed by atoms with E-state index in [0.717, 1.165) is 48.2 Å². The van der Waals surface area contributed by atoms with E-state index in [2.05, 4.69) is 24.2 Å². The van der Waals surface area contributed by atoms with Gasteiger partial charge in [0.15, 0.2) is 11.5 Å². The summed E-state index contributed by atoms with van der Waals surface area (Å²) in [5, 5.41) is 5.25. The fraction of sp³-hybridized carbons (Fsp3) is 0.300. The lowest BCUT2D eigenvalue weighted by atomic mass is 9.88. The number of hydrogen-bond donors (Lipinski definition) is 0. The molecule has 184 valence electrons. The van der Waals surface area contributed by atoms with Gasteiger partial charge in [-0.1, -0.05) is 67.3 Å². The highest BCUT2D eigenvalue weighted by Gasteiger charge is 2.22. The van der Waals surface area contributed by atoms with Crippen molar-refractivity contribution in [2.24, 2.45) is 5.10 Å². The lowest BCUT2D eigenvalue weighted by molar-refractivity contribution is 0.284. The van der Waals surface area contributed by atoms with E-state index in [-0.39, 0.29) is 11.5 Å². The molecule has 3 aromatic carbocycles. The number of methoxy groups -OCH3 is 1. The van der Waals surface area contributed by atoms with E-state index in [1.807, 2.05) is 54.6 Å². The van der Waals surface area contributed by atoms with E-state index in [4.69, 9.17) is 14.5 Å². The van der Waals surface area contributed by atoms with E-state index < -0.39 is 0 Å². The minimum atomic E-state index is -0.150. The second-order valence-corrected chi connectivity index (χ2v) is 9.34. The number of rotatable bonds is 7. The first-order valence-corrected chi connectivity index (χ1v) is 12.6. The number of nitrogens with zero attached hydrogens (tertiary/aromatic N) is 3. The molecule has 1 heterocycles. The molecule has 1 fully saturated rings. The number of ether oxygens (including phenoxy) is 2. The predicted molar refractivity (Wildman–Crippen MR) is 143 cm³/mol. The molecule has 0 unspecified atom stereocenters. The van der Waals surface area contributed by atoms with Gasteiger partial charge in [0.2, 0.25) is 0 Å². The van der Waals surface area contributed by atoms with Crippen LogP contribution in [0.5, 0.6) is 11.5 Å². The molecule has 1 aliphatic rings. The van der Waals surface area contributed by atoms with Crippen molar-refractivity contribution in [3.05, 3.63) is 99.6 Å². The van der Waals surface area contributed by atoms with Crippen molar-refractivity contribution in [3.63, 3.8) is 0 Å². The minimum Gasteiger partial charge on any atom is -0.493 e. The summed E-state index contributed by atoms with van der Waals surface area (Å²) in [6, 6.07) is 21.4. The highest BCUT2D eigenvalue weighted by Crippen LogP contribution is 2.33. The molecular formula is C30H31N3O3. The molecule has 1 aromatic heterocycles. The van der Waals surface area contributed by atoms with Gasteiger partial charge in [0.25, 0.3) is 5.56 Å². The van der Waals surface area contributed by atoms with Crippen LogP contribution in [0.3, 0.4) is 0 Å². The smallest absolute Gasteiger partial charge is 0.282 e. The van der Waals surface area contributed by atoms with Crippen molar-refractivity contribution in [2.45, 2.75) is 51.6 Å². The second-order valence-electron chi connectivity index (χ2n) is 9.34. The average molecular weight is 482 g/mol. The Morgan fingerprint density at radius 2 is 1.83 bits per heavy atom. The number of benzene rings is 3. The van der Waals surface area contributed by atoms with Crippen LogP contribution < -0.4 is 15.0 Å². The maximum atomic E-state index is 13.5. The van der Waals surface area contributed by atoms with Crippen molar-refractivity contribution < 1.29 is 9.47 Å². The zero-order valence-corrected chi connectivity index (χ0v) is 20.8. The standard InChI is InChI=1S/C30H31N3O3/c1-21-10-8-11-22(18-21)20-36-28-24(14-9-17-27(28)35-2)19-31-33-29(23-12-4-3-5-13-23)32-26-16-7-6-15-25(26)30(33)34/h6-11,14-19,23H,3-5,12-13,20H2,1-2H3. The van der Waals surface area contributed by atoms with Crippen LogP contribution in [0.25, 0.3) is 10.9 Å². The number of para-hydroxylation sites is 2. The first-order valence-electron chi connectivity index (χ1n) is 12.6. The lowest BCUT2D eigenvalue weighted by Gasteiger charge is -2.22. The molecule has 0 amide bonds. The van der Waals surface area contributed by atoms with Gasteiger partial charge < -0.3 is 9.47 Å². The van der Waals surface area contributed by atoms with Gasteiger partial charge in [0.1, 0.15) is 12.4 Å². The molecule has 36 heavy (non-hydrogen) atoms. The van der Waals surface area contributed by atoms with E-state index in [9.17, 15) is 4.79 Å². The van der Waals surface area contributed by atoms with Gasteiger partial charge >= 0.3 is 0 Å². The fourth-order valence-corrected chi connectivity index (χ4v) is 4.90. The van der Waals surface area contributed by atoms with Crippen LogP contribution in [0.15, 0.2) is 76.6 Å². The van der Waals surface area contributed by atoms with Gasteiger partial charge in [-0.25, -0.2) is 4.98 Å². The summed E-state index contributed by atoms with van der Waals surface area (Å²) in [5.74, 6) is 2.16. The van der Waals surface area contributed by atoms with Gasteiger partial charge in [-0.3, -0.25) is 4.79 Å². The highest BCUT2D eigenvalue weighted by molar-refractivity contribution is 5.85. The molecule has 0 aliphatic heterocycles. The molecule has 0 bridgehead atoms. The van der Waals surface area contributed by atoms with Crippen LogP contribution >= 0.6 is 0 Å². The Balaban J connectivity index is 1.54. The van der Waals surface area contributed by atoms with E-state index in [0.29, 0.717) is 23.5 Å². The molecule has 5 rings (SSSR count). The zero-order valence-electron chi connectivity index (χ0n) is 20.8. The molecule has 0 saturated heterocycles. The highest BCUT2D eigenvalue weighted by atomic mass is 16.5. The summed E-state index contributed by atoms with van der Waals surface area (Å²) in [7, 11) is 1.62. The monoisotopic (exact) mass is 481 g/mol. The Bertz CT molecular complexity index is 1450. The molecule has 6 heteroatoms. The van der Waals surface area contributed by atoms with Gasteiger partial charge in [-0.2, -0.15) is 9.78 Å². The first kappa shape index (κ1) is 23.8. The van der Waals surface area contributed by atoms with Crippen LogP contribution in [0.1, 0.15) is 60.5 Å². The van der Waals surface area contributed by atoms with Gasteiger partial charge in [0.05, 0.1) is 24.2 Å². The average Bonchev–Trinajstić information content (AvgIpc) is 2.92. The SMILES string of the molecule is COc1cccc(C=Nn2c(C3CCCCC3)nc3ccccc3c2=O)c1OCc1cccc(C)c1. The maximum absolute atomic E-state index is 13.5. The van der Waals surface area contributed by atoms with E-state index in [1.54, 1.807) is 13.3 Å². The molecule has 4 aromatic rings. The Labute approximate surface area is 211 Å². The Morgan fingerprint density at radius 1 is 1.03 bits per heavy atom. The van der Waals surface area contributed by atoms with Crippen molar-refractivity contribution in [1.82, 2.24) is 9.66 Å². The van der Waals surface area contributed by atoms with Gasteiger partial charge in [-0.05, 0) is 49.6 Å². The molecule has 0 spiro atoms. The maximum Gasteiger partial charge on any atom is 0.282 e. The van der Waals surface area contributed by atoms with Crippen molar-refractivity contribution in [1.29, 1.82) is 0 Å². The number of hydrogen-bond acceptors (Lipinski definition) is 5. The summed E-state index contributed by atoms with van der Waals surface area (Å²) in [4.78, 5) is 18.4. The van der Waals surface area contributed by atoms with Crippen molar-refractivity contribution in [2.75, 3.05) is 7.11 Å². The largest absolute Gasteiger partial charge is 0.493 e. The normalized spacial score (nSPS) is 14.4. The van der Waals surface area contributed by atoms with E-state index >= 15 is 0 Å². The third-order valence-electron chi connectivity index (χ3n) is 6.76. The zero-order chi connectivity index (χ0) is 24.9. The molecule has 0 N–H and O–H groups in total. The summed E-state index contributed by atoms with van der Waals surface area (Å²) >= 11 is 0. The Hall–Kier alpha value is -3.93. The lowest BCUT2D eigenvalue weighted by Crippen LogP contribution is -2.25. The predicted octanol–water partition coefficient (Wildman–Crippen LogP) is 6.22. The Morgan fingerprint density at radius 3 is 2.64 bits per heavy atom. The van der Waals surface area contributed by atoms with Crippen molar-refractivity contribution in [3.8, 4) is 11.5 Å². The molecule has 0 atom stereocenters.